The van der Waals surface area contributed by atoms with Gasteiger partial charge in [0.05, 0.1) is 5.56 Å². The van der Waals surface area contributed by atoms with E-state index in [0.29, 0.717) is 11.1 Å². The highest BCUT2D eigenvalue weighted by Gasteiger charge is 2.23. The summed E-state index contributed by atoms with van der Waals surface area (Å²) in [6.07, 6.45) is 3.73. The molecule has 0 atom stereocenters. The third-order valence-electron chi connectivity index (χ3n) is 4.82. The maximum atomic E-state index is 12.8. The number of ketones is 2. The van der Waals surface area contributed by atoms with Crippen molar-refractivity contribution in [3.8, 4) is 11.4 Å². The molecule has 0 unspecified atom stereocenters. The fraction of sp³-hybridized carbons (Fsp3) is 0.0800. The second-order valence-corrected chi connectivity index (χ2v) is 6.82. The minimum Gasteiger partial charge on any atom is -0.290 e. The zero-order valence-electron chi connectivity index (χ0n) is 15.9. The summed E-state index contributed by atoms with van der Waals surface area (Å²) < 4.78 is 3.81. The number of rotatable bonds is 7. The van der Waals surface area contributed by atoms with Crippen molar-refractivity contribution in [2.24, 2.45) is 0 Å². The molecule has 4 rings (SSSR count). The van der Waals surface area contributed by atoms with Crippen LogP contribution in [0.2, 0.25) is 0 Å². The van der Waals surface area contributed by atoms with Crippen LogP contribution in [-0.4, -0.2) is 16.1 Å². The van der Waals surface area contributed by atoms with E-state index in [4.69, 9.17) is 0 Å². The average Bonchev–Trinajstić information content (AvgIpc) is 3.17. The van der Waals surface area contributed by atoms with Gasteiger partial charge in [0.2, 0.25) is 11.6 Å². The van der Waals surface area contributed by atoms with Gasteiger partial charge in [-0.05, 0) is 12.1 Å². The molecule has 0 aliphatic heterocycles. The van der Waals surface area contributed by atoms with Crippen LogP contribution in [0.3, 0.4) is 0 Å². The molecule has 0 N–H and O–H groups in total. The highest BCUT2D eigenvalue weighted by atomic mass is 16.1. The zero-order valence-corrected chi connectivity index (χ0v) is 15.9. The first-order valence-electron chi connectivity index (χ1n) is 9.53. The van der Waals surface area contributed by atoms with Gasteiger partial charge in [-0.1, -0.05) is 78.9 Å². The van der Waals surface area contributed by atoms with Gasteiger partial charge in [-0.25, -0.2) is 9.13 Å². The molecule has 4 heteroatoms. The van der Waals surface area contributed by atoms with Gasteiger partial charge in [0.1, 0.15) is 12.4 Å². The normalized spacial score (nSPS) is 10.6. The van der Waals surface area contributed by atoms with E-state index in [0.717, 1.165) is 11.4 Å². The highest BCUT2D eigenvalue weighted by molar-refractivity contribution is 5.96. The lowest BCUT2D eigenvalue weighted by Crippen LogP contribution is -2.39. The molecule has 0 aliphatic carbocycles. The van der Waals surface area contributed by atoms with Gasteiger partial charge >= 0.3 is 0 Å². The number of carbonyl (C=O) groups is 2. The fourth-order valence-electron chi connectivity index (χ4n) is 3.38. The summed E-state index contributed by atoms with van der Waals surface area (Å²) in [6, 6.07) is 28.3. The highest BCUT2D eigenvalue weighted by Crippen LogP contribution is 2.17. The minimum atomic E-state index is 0.0277. The number of hydrogen-bond donors (Lipinski definition) is 0. The molecule has 0 bridgehead atoms. The summed E-state index contributed by atoms with van der Waals surface area (Å²) in [5.41, 5.74) is 2.30. The molecule has 0 radical (unpaired) electrons. The zero-order chi connectivity index (χ0) is 20.1. The van der Waals surface area contributed by atoms with Gasteiger partial charge < -0.3 is 0 Å². The third kappa shape index (κ3) is 4.22. The van der Waals surface area contributed by atoms with E-state index in [1.807, 2.05) is 113 Å². The fourth-order valence-corrected chi connectivity index (χ4v) is 3.38. The summed E-state index contributed by atoms with van der Waals surface area (Å²) in [6.45, 7) is 0.418. The first kappa shape index (κ1) is 18.6. The van der Waals surface area contributed by atoms with Gasteiger partial charge in [0.15, 0.2) is 13.1 Å². The van der Waals surface area contributed by atoms with Gasteiger partial charge in [-0.2, -0.15) is 0 Å². The Labute approximate surface area is 169 Å². The van der Waals surface area contributed by atoms with Crippen LogP contribution in [0.25, 0.3) is 11.4 Å². The molecule has 4 aromatic rings. The van der Waals surface area contributed by atoms with Crippen LogP contribution in [-0.2, 0) is 13.1 Å². The Morgan fingerprint density at radius 3 is 1.79 bits per heavy atom. The number of nitrogens with zero attached hydrogens (tertiary/aromatic N) is 2. The molecule has 1 heterocycles. The summed E-state index contributed by atoms with van der Waals surface area (Å²) >= 11 is 0. The Balaban J connectivity index is 1.67. The molecule has 0 saturated carbocycles. The summed E-state index contributed by atoms with van der Waals surface area (Å²) in [4.78, 5) is 25.5. The lowest BCUT2D eigenvalue weighted by atomic mass is 10.1. The van der Waals surface area contributed by atoms with Crippen molar-refractivity contribution in [3.05, 3.63) is 115 Å². The molecule has 0 aliphatic rings. The minimum absolute atomic E-state index is 0.0277. The SMILES string of the molecule is O=C(Cn1cc[n+](CC(=O)c2ccccc2)c1-c1ccccc1)c1ccccc1. The largest absolute Gasteiger partial charge is 0.290 e. The summed E-state index contributed by atoms with van der Waals surface area (Å²) in [5, 5.41) is 0. The Hall–Kier alpha value is -3.79. The Morgan fingerprint density at radius 1 is 0.690 bits per heavy atom. The van der Waals surface area contributed by atoms with Gasteiger partial charge in [-0.15, -0.1) is 0 Å². The Kier molecular flexibility index (Phi) is 5.43. The molecule has 0 saturated heterocycles. The maximum absolute atomic E-state index is 12.8. The van der Waals surface area contributed by atoms with Gasteiger partial charge in [-0.3, -0.25) is 9.59 Å². The van der Waals surface area contributed by atoms with E-state index < -0.39 is 0 Å². The van der Waals surface area contributed by atoms with Crippen molar-refractivity contribution in [3.63, 3.8) is 0 Å². The van der Waals surface area contributed by atoms with Gasteiger partial charge in [0, 0.05) is 11.1 Å². The number of hydrogen-bond acceptors (Lipinski definition) is 2. The van der Waals surface area contributed by atoms with Crippen molar-refractivity contribution >= 4 is 11.6 Å². The molecule has 29 heavy (non-hydrogen) atoms. The number of aromatic nitrogens is 2. The quantitative estimate of drug-likeness (QED) is 0.356. The van der Waals surface area contributed by atoms with Crippen molar-refractivity contribution in [2.75, 3.05) is 0 Å². The standard InChI is InChI=1S/C25H21N2O2/c28-23(20-10-4-1-5-11-20)18-26-16-17-27(25(26)22-14-8-3-9-15-22)19-24(29)21-12-6-2-7-13-21/h1-17H,18-19H2/q+1. The predicted molar refractivity (Wildman–Crippen MR) is 112 cm³/mol. The van der Waals surface area contributed by atoms with Crippen LogP contribution in [0, 0.1) is 0 Å². The molecule has 0 spiro atoms. The third-order valence-corrected chi connectivity index (χ3v) is 4.82. The predicted octanol–water partition coefficient (Wildman–Crippen LogP) is 4.21. The summed E-state index contributed by atoms with van der Waals surface area (Å²) in [5.74, 6) is 0.888. The number of benzene rings is 3. The van der Waals surface area contributed by atoms with Gasteiger partial charge in [0.25, 0.3) is 5.82 Å². The monoisotopic (exact) mass is 381 g/mol. The lowest BCUT2D eigenvalue weighted by molar-refractivity contribution is -0.671. The number of imidazole rings is 1. The summed E-state index contributed by atoms with van der Waals surface area (Å²) in [7, 11) is 0. The first-order chi connectivity index (χ1) is 14.2. The van der Waals surface area contributed by atoms with Crippen LogP contribution in [0.1, 0.15) is 20.7 Å². The van der Waals surface area contributed by atoms with Crippen molar-refractivity contribution < 1.29 is 14.2 Å². The van der Waals surface area contributed by atoms with Crippen molar-refractivity contribution in [1.82, 2.24) is 4.57 Å². The smallest absolute Gasteiger partial charge is 0.289 e. The first-order valence-corrected chi connectivity index (χ1v) is 9.53. The van der Waals surface area contributed by atoms with E-state index in [1.54, 1.807) is 0 Å². The van der Waals surface area contributed by atoms with E-state index in [9.17, 15) is 9.59 Å². The average molecular weight is 381 g/mol. The van der Waals surface area contributed by atoms with E-state index in [-0.39, 0.29) is 24.7 Å². The van der Waals surface area contributed by atoms with E-state index >= 15 is 0 Å². The molecule has 3 aromatic carbocycles. The topological polar surface area (TPSA) is 43.0 Å². The van der Waals surface area contributed by atoms with Crippen LogP contribution in [0.4, 0.5) is 0 Å². The van der Waals surface area contributed by atoms with Crippen LogP contribution in [0.15, 0.2) is 103 Å². The van der Waals surface area contributed by atoms with E-state index in [1.165, 1.54) is 0 Å². The Bertz CT molecular complexity index is 1050. The molecule has 142 valence electrons. The second-order valence-electron chi connectivity index (χ2n) is 6.82. The van der Waals surface area contributed by atoms with Crippen LogP contribution in [0.5, 0.6) is 0 Å². The van der Waals surface area contributed by atoms with Crippen LogP contribution >= 0.6 is 0 Å². The maximum Gasteiger partial charge on any atom is 0.289 e. The molecular weight excluding hydrogens is 360 g/mol. The second kappa shape index (κ2) is 8.48. The van der Waals surface area contributed by atoms with E-state index in [2.05, 4.69) is 0 Å². The number of carbonyl (C=O) groups excluding carboxylic acids is 2. The number of Topliss-reactive ketones (excluding diaryl/α,β-unsaturated/α-hetero) is 2. The Morgan fingerprint density at radius 2 is 1.21 bits per heavy atom. The molecular formula is C25H21N2O2+. The molecule has 4 nitrogen and oxygen atoms in total. The van der Waals surface area contributed by atoms with Crippen molar-refractivity contribution in [2.45, 2.75) is 13.1 Å². The molecule has 1 aromatic heterocycles. The molecule has 0 fully saturated rings. The lowest BCUT2D eigenvalue weighted by Gasteiger charge is -2.06. The molecule has 0 amide bonds. The van der Waals surface area contributed by atoms with Crippen LogP contribution < -0.4 is 4.57 Å². The van der Waals surface area contributed by atoms with Crippen molar-refractivity contribution in [1.29, 1.82) is 0 Å².